The van der Waals surface area contributed by atoms with Crippen LogP contribution in [0.25, 0.3) is 11.7 Å². The largest absolute Gasteiger partial charge is 0.496 e. The average molecular weight is 536 g/mol. The lowest BCUT2D eigenvalue weighted by Crippen LogP contribution is -2.44. The van der Waals surface area contributed by atoms with Crippen LogP contribution >= 0.6 is 36.6 Å². The minimum Gasteiger partial charge on any atom is -0.496 e. The zero-order chi connectivity index (χ0) is 22.6. The van der Waals surface area contributed by atoms with E-state index in [1.54, 1.807) is 7.11 Å². The molecule has 1 aromatic carbocycles. The van der Waals surface area contributed by atoms with Crippen LogP contribution in [-0.2, 0) is 11.2 Å². The number of rotatable bonds is 8. The number of para-hydroxylation sites is 1. The number of carbonyl (C=O) groups excluding carboxylic acids is 1. The third-order valence-electron chi connectivity index (χ3n) is 6.66. The smallest absolute Gasteiger partial charge is 0.258 e. The molecule has 188 valence electrons. The summed E-state index contributed by atoms with van der Waals surface area (Å²) >= 11 is 1.52. The molecule has 1 atom stereocenters. The first-order chi connectivity index (χ1) is 16.2. The van der Waals surface area contributed by atoms with Crippen molar-refractivity contribution in [3.05, 3.63) is 64.8 Å². The van der Waals surface area contributed by atoms with Crippen molar-refractivity contribution in [2.45, 2.75) is 43.2 Å². The number of aromatic nitrogens is 2. The van der Waals surface area contributed by atoms with Crippen molar-refractivity contribution in [1.29, 1.82) is 0 Å². The minimum atomic E-state index is 0. The molecule has 1 saturated heterocycles. The monoisotopic (exact) mass is 534 g/mol. The second-order valence-corrected chi connectivity index (χ2v) is 9.79. The van der Waals surface area contributed by atoms with Gasteiger partial charge in [0.1, 0.15) is 11.4 Å². The second kappa shape index (κ2) is 12.7. The number of amides is 1. The van der Waals surface area contributed by atoms with Crippen molar-refractivity contribution >= 4 is 54.2 Å². The van der Waals surface area contributed by atoms with Gasteiger partial charge in [-0.2, -0.15) is 0 Å². The number of nitrogens with one attached hydrogen (secondary N) is 2. The van der Waals surface area contributed by atoms with Crippen LogP contribution in [0.2, 0.25) is 0 Å². The molecule has 2 aromatic heterocycles. The molecule has 3 aromatic rings. The number of hydrogen-bond acceptors (Lipinski definition) is 5. The van der Waals surface area contributed by atoms with Gasteiger partial charge in [0, 0.05) is 6.04 Å². The summed E-state index contributed by atoms with van der Waals surface area (Å²) in [6, 6.07) is 14.4. The average Bonchev–Trinajstić information content (AvgIpc) is 3.28. The quantitative estimate of drug-likeness (QED) is 0.418. The van der Waals surface area contributed by atoms with Crippen molar-refractivity contribution in [3.8, 4) is 5.75 Å². The first-order valence-corrected chi connectivity index (χ1v) is 12.5. The Kier molecular flexibility index (Phi) is 9.92. The zero-order valence-corrected chi connectivity index (χ0v) is 22.2. The van der Waals surface area contributed by atoms with Gasteiger partial charge < -0.3 is 15.4 Å². The summed E-state index contributed by atoms with van der Waals surface area (Å²) < 4.78 is 7.61. The van der Waals surface area contributed by atoms with Crippen molar-refractivity contribution in [3.63, 3.8) is 0 Å². The van der Waals surface area contributed by atoms with Gasteiger partial charge in [0.05, 0.1) is 28.9 Å². The molecule has 9 heteroatoms. The summed E-state index contributed by atoms with van der Waals surface area (Å²) in [6.45, 7) is 2.03. The maximum absolute atomic E-state index is 13.4. The van der Waals surface area contributed by atoms with Gasteiger partial charge >= 0.3 is 0 Å². The summed E-state index contributed by atoms with van der Waals surface area (Å²) in [7, 11) is 1.72. The molecule has 6 nitrogen and oxygen atoms in total. The van der Waals surface area contributed by atoms with Gasteiger partial charge in [-0.3, -0.25) is 9.20 Å². The molecule has 35 heavy (non-hydrogen) atoms. The van der Waals surface area contributed by atoms with Gasteiger partial charge in [-0.25, -0.2) is 4.98 Å². The molecule has 0 spiro atoms. The van der Waals surface area contributed by atoms with Crippen molar-refractivity contribution in [2.75, 3.05) is 20.2 Å². The lowest BCUT2D eigenvalue weighted by atomic mass is 9.86. The van der Waals surface area contributed by atoms with E-state index in [0.29, 0.717) is 5.92 Å². The number of thioether (sulfide) groups is 1. The molecule has 0 radical (unpaired) electrons. The number of ether oxygens (including phenoxy) is 1. The highest BCUT2D eigenvalue weighted by Crippen LogP contribution is 2.35. The number of pyridine rings is 1. The SMILES string of the molecule is COc1ccccc1CCCC(NC(=O)C1=Cc2cnc3cccc(n23)S1)C1CCNCC1.Cl.Cl. The Labute approximate surface area is 223 Å². The van der Waals surface area contributed by atoms with Crippen molar-refractivity contribution < 1.29 is 9.53 Å². The number of carbonyl (C=O) groups is 1. The molecule has 1 fully saturated rings. The fraction of sp³-hybridized carbons (Fsp3) is 0.385. The second-order valence-electron chi connectivity index (χ2n) is 8.72. The number of hydrogen-bond donors (Lipinski definition) is 2. The normalized spacial score (nSPS) is 16.0. The molecule has 4 heterocycles. The molecule has 5 rings (SSSR count). The highest BCUT2D eigenvalue weighted by atomic mass is 35.5. The van der Waals surface area contributed by atoms with E-state index >= 15 is 0 Å². The predicted octanol–water partition coefficient (Wildman–Crippen LogP) is 5.14. The first kappa shape index (κ1) is 27.4. The number of benzene rings is 1. The van der Waals surface area contributed by atoms with E-state index in [0.717, 1.165) is 72.2 Å². The predicted molar refractivity (Wildman–Crippen MR) is 147 cm³/mol. The third kappa shape index (κ3) is 6.15. The standard InChI is InChI=1S/C26H30N4O2S.2ClH/c1-32-22-9-3-2-6-19(22)7-4-8-21(18-12-14-27-15-13-18)29-26(31)23-16-20-17-28-24-10-5-11-25(33-23)30(20)24;;/h2-3,5-6,9-11,16-18,21,27H,4,7-8,12-15H2,1H3,(H,29,31);2*1H. The number of piperidine rings is 1. The molecular weight excluding hydrogens is 503 g/mol. The maximum atomic E-state index is 13.4. The number of aryl methyl sites for hydroxylation is 1. The molecule has 1 amide bonds. The molecule has 1 unspecified atom stereocenters. The fourth-order valence-corrected chi connectivity index (χ4v) is 5.93. The lowest BCUT2D eigenvalue weighted by Gasteiger charge is -2.32. The van der Waals surface area contributed by atoms with Crippen LogP contribution < -0.4 is 15.4 Å². The number of nitrogens with zero attached hydrogens (tertiary/aromatic N) is 2. The lowest BCUT2D eigenvalue weighted by molar-refractivity contribution is -0.117. The summed E-state index contributed by atoms with van der Waals surface area (Å²) in [5.74, 6) is 1.45. The van der Waals surface area contributed by atoms with Crippen molar-refractivity contribution in [2.24, 2.45) is 5.92 Å². The van der Waals surface area contributed by atoms with E-state index in [-0.39, 0.29) is 36.8 Å². The highest BCUT2D eigenvalue weighted by molar-refractivity contribution is 8.04. The zero-order valence-electron chi connectivity index (χ0n) is 19.7. The molecule has 2 aliphatic heterocycles. The molecule has 0 aliphatic carbocycles. The van der Waals surface area contributed by atoms with Crippen molar-refractivity contribution in [1.82, 2.24) is 20.0 Å². The molecular formula is C26H32Cl2N4O2S. The van der Waals surface area contributed by atoms with Crippen LogP contribution in [0.4, 0.5) is 0 Å². The van der Waals surface area contributed by atoms with E-state index < -0.39 is 0 Å². The van der Waals surface area contributed by atoms with Gasteiger partial charge in [-0.1, -0.05) is 36.0 Å². The van der Waals surface area contributed by atoms with Crippen LogP contribution in [0, 0.1) is 5.92 Å². The Morgan fingerprint density at radius 1 is 1.20 bits per heavy atom. The Bertz CT molecular complexity index is 1180. The summed E-state index contributed by atoms with van der Waals surface area (Å²) in [6.07, 6.45) is 8.90. The molecule has 0 saturated carbocycles. The topological polar surface area (TPSA) is 67.7 Å². The van der Waals surface area contributed by atoms with Crippen LogP contribution in [0.5, 0.6) is 5.75 Å². The van der Waals surface area contributed by atoms with E-state index in [4.69, 9.17) is 4.74 Å². The fourth-order valence-electron chi connectivity index (χ4n) is 4.93. The van der Waals surface area contributed by atoms with Crippen LogP contribution in [0.15, 0.2) is 58.6 Å². The number of imidazole rings is 1. The van der Waals surface area contributed by atoms with E-state index in [1.165, 1.54) is 17.3 Å². The number of methoxy groups -OCH3 is 1. The van der Waals surface area contributed by atoms with Gasteiger partial charge in [0.2, 0.25) is 0 Å². The van der Waals surface area contributed by atoms with Crippen LogP contribution in [0.1, 0.15) is 36.9 Å². The first-order valence-electron chi connectivity index (χ1n) is 11.7. The summed E-state index contributed by atoms with van der Waals surface area (Å²) in [5, 5.41) is 7.89. The Morgan fingerprint density at radius 2 is 2.00 bits per heavy atom. The van der Waals surface area contributed by atoms with Crippen LogP contribution in [-0.4, -0.2) is 41.5 Å². The van der Waals surface area contributed by atoms with Gasteiger partial charge in [0.15, 0.2) is 0 Å². The van der Waals surface area contributed by atoms with Crippen LogP contribution in [0.3, 0.4) is 0 Å². The maximum Gasteiger partial charge on any atom is 0.258 e. The molecule has 2 N–H and O–H groups in total. The Hall–Kier alpha value is -2.19. The third-order valence-corrected chi connectivity index (χ3v) is 7.71. The molecule has 0 bridgehead atoms. The van der Waals surface area contributed by atoms with E-state index in [2.05, 4.69) is 32.2 Å². The summed E-state index contributed by atoms with van der Waals surface area (Å²) in [4.78, 5) is 18.6. The van der Waals surface area contributed by atoms with Gasteiger partial charge in [-0.05, 0) is 81.0 Å². The number of halogens is 2. The highest BCUT2D eigenvalue weighted by Gasteiger charge is 2.27. The van der Waals surface area contributed by atoms with E-state index in [1.807, 2.05) is 42.6 Å². The Morgan fingerprint density at radius 3 is 2.80 bits per heavy atom. The van der Waals surface area contributed by atoms with Gasteiger partial charge in [0.25, 0.3) is 5.91 Å². The minimum absolute atomic E-state index is 0. The summed E-state index contributed by atoms with van der Waals surface area (Å²) in [5.41, 5.74) is 3.09. The Balaban J connectivity index is 0.00000171. The van der Waals surface area contributed by atoms with Gasteiger partial charge in [-0.15, -0.1) is 24.8 Å². The van der Waals surface area contributed by atoms with E-state index in [9.17, 15) is 4.79 Å². The molecule has 2 aliphatic rings.